The van der Waals surface area contributed by atoms with Gasteiger partial charge in [0, 0.05) is 11.1 Å². The molecule has 0 radical (unpaired) electrons. The van der Waals surface area contributed by atoms with Crippen LogP contribution in [0.5, 0.6) is 5.75 Å². The van der Waals surface area contributed by atoms with Crippen LogP contribution in [0.25, 0.3) is 22.3 Å². The first kappa shape index (κ1) is 36.0. The maximum atomic E-state index is 13.9. The minimum absolute atomic E-state index is 0.0327. The second kappa shape index (κ2) is 12.9. The lowest BCUT2D eigenvalue weighted by Gasteiger charge is -2.25. The summed E-state index contributed by atoms with van der Waals surface area (Å²) in [4.78, 5) is 29.4. The topological polar surface area (TPSA) is 91.8 Å². The third-order valence-electron chi connectivity index (χ3n) is 8.34. The predicted molar refractivity (Wildman–Crippen MR) is 161 cm³/mol. The number of aromatic carboxylic acids is 1. The van der Waals surface area contributed by atoms with Gasteiger partial charge in [0.05, 0.1) is 48.1 Å². The summed E-state index contributed by atoms with van der Waals surface area (Å²) in [6.07, 6.45) is -15.2. The third-order valence-corrected chi connectivity index (χ3v) is 8.34. The van der Waals surface area contributed by atoms with Gasteiger partial charge in [-0.15, -0.1) is 0 Å². The Kier molecular flexibility index (Phi) is 9.27. The quantitative estimate of drug-likeness (QED) is 0.187. The van der Waals surface area contributed by atoms with Crippen LogP contribution in [0.15, 0.2) is 66.7 Å². The summed E-state index contributed by atoms with van der Waals surface area (Å²) < 4.78 is 129. The Morgan fingerprint density at radius 1 is 0.840 bits per heavy atom. The summed E-state index contributed by atoms with van der Waals surface area (Å²) in [7, 11) is 1.31. The molecule has 1 aliphatic heterocycles. The molecule has 1 saturated heterocycles. The van der Waals surface area contributed by atoms with E-state index in [1.165, 1.54) is 32.2 Å². The number of carboxylic acid groups (broad SMARTS) is 1. The highest BCUT2D eigenvalue weighted by Gasteiger charge is 2.42. The fraction of sp³-hybridized carbons (Fsp3) is 0.265. The first-order chi connectivity index (χ1) is 23.2. The van der Waals surface area contributed by atoms with Gasteiger partial charge in [-0.05, 0) is 84.6 Å². The van der Waals surface area contributed by atoms with Crippen molar-refractivity contribution in [2.45, 2.75) is 51.0 Å². The lowest BCUT2D eigenvalue weighted by molar-refractivity contribution is -0.143. The first-order valence-electron chi connectivity index (χ1n) is 14.7. The number of methoxy groups -OCH3 is 1. The number of carbonyl (C=O) groups excluding carboxylic acids is 1. The van der Waals surface area contributed by atoms with E-state index in [0.29, 0.717) is 28.8 Å². The number of hydrogen-bond acceptors (Lipinski definition) is 4. The van der Waals surface area contributed by atoms with Crippen molar-refractivity contribution < 1.29 is 58.9 Å². The van der Waals surface area contributed by atoms with Crippen LogP contribution >= 0.6 is 0 Å². The van der Waals surface area contributed by atoms with Crippen molar-refractivity contribution in [3.63, 3.8) is 0 Å². The number of ether oxygens (including phenoxy) is 1. The number of rotatable bonds is 7. The molecule has 0 bridgehead atoms. The molecule has 0 saturated carbocycles. The molecule has 3 aromatic carbocycles. The SMILES string of the molecule is COc1ccc(-c2ccc(C(=O)O)cc2C)cc1-c1ccc(C(F)(F)F)nc1CN1C(=O)N[C@H](c2cc(C(F)(F)F)cc(C(F)(F)F)c2)[C@@H]1C. The minimum Gasteiger partial charge on any atom is -0.496 e. The number of halogens is 9. The smallest absolute Gasteiger partial charge is 0.433 e. The first-order valence-corrected chi connectivity index (χ1v) is 14.7. The fourth-order valence-corrected chi connectivity index (χ4v) is 5.83. The average Bonchev–Trinajstić information content (AvgIpc) is 3.31. The van der Waals surface area contributed by atoms with Gasteiger partial charge in [0.1, 0.15) is 11.4 Å². The summed E-state index contributed by atoms with van der Waals surface area (Å²) in [6, 6.07) is 8.36. The molecule has 0 spiro atoms. The summed E-state index contributed by atoms with van der Waals surface area (Å²) in [5.41, 5.74) is -3.27. The van der Waals surface area contributed by atoms with Crippen LogP contribution in [-0.2, 0) is 25.1 Å². The molecule has 1 aliphatic rings. The Labute approximate surface area is 278 Å². The molecule has 1 aromatic heterocycles. The van der Waals surface area contributed by atoms with Gasteiger partial charge in [0.2, 0.25) is 0 Å². The van der Waals surface area contributed by atoms with Gasteiger partial charge in [-0.25, -0.2) is 14.6 Å². The molecule has 0 unspecified atom stereocenters. The second-order valence-electron chi connectivity index (χ2n) is 11.6. The molecule has 2 N–H and O–H groups in total. The number of aryl methyl sites for hydroxylation is 1. The maximum absolute atomic E-state index is 13.9. The lowest BCUT2D eigenvalue weighted by atomic mass is 9.93. The summed E-state index contributed by atoms with van der Waals surface area (Å²) in [5.74, 6) is -0.955. The van der Waals surface area contributed by atoms with Gasteiger partial charge in [-0.2, -0.15) is 39.5 Å². The van der Waals surface area contributed by atoms with Crippen LogP contribution in [-0.4, -0.2) is 40.1 Å². The van der Waals surface area contributed by atoms with Gasteiger partial charge < -0.3 is 20.1 Å². The van der Waals surface area contributed by atoms with Crippen LogP contribution in [0.4, 0.5) is 44.3 Å². The maximum Gasteiger partial charge on any atom is 0.433 e. The monoisotopic (exact) mass is 711 g/mol. The summed E-state index contributed by atoms with van der Waals surface area (Å²) >= 11 is 0. The van der Waals surface area contributed by atoms with E-state index < -0.39 is 71.5 Å². The van der Waals surface area contributed by atoms with Gasteiger partial charge in [0.25, 0.3) is 0 Å². The molecule has 2 heterocycles. The van der Waals surface area contributed by atoms with Crippen LogP contribution in [0.1, 0.15) is 57.0 Å². The van der Waals surface area contributed by atoms with Crippen molar-refractivity contribution in [2.24, 2.45) is 0 Å². The van der Waals surface area contributed by atoms with Gasteiger partial charge >= 0.3 is 30.5 Å². The molecule has 50 heavy (non-hydrogen) atoms. The second-order valence-corrected chi connectivity index (χ2v) is 11.6. The van der Waals surface area contributed by atoms with Gasteiger partial charge in [0.15, 0.2) is 0 Å². The number of benzene rings is 3. The van der Waals surface area contributed by atoms with Crippen molar-refractivity contribution >= 4 is 12.0 Å². The van der Waals surface area contributed by atoms with Crippen molar-refractivity contribution in [3.8, 4) is 28.0 Å². The number of aromatic nitrogens is 1. The van der Waals surface area contributed by atoms with E-state index in [2.05, 4.69) is 10.3 Å². The normalized spacial score (nSPS) is 16.8. The Bertz CT molecular complexity index is 1940. The number of carboxylic acids is 1. The molecule has 5 rings (SSSR count). The summed E-state index contributed by atoms with van der Waals surface area (Å²) in [6.45, 7) is 2.37. The van der Waals surface area contributed by atoms with Gasteiger partial charge in [-0.1, -0.05) is 18.2 Å². The van der Waals surface area contributed by atoms with Crippen molar-refractivity contribution in [3.05, 3.63) is 106 Å². The molecule has 2 atom stereocenters. The molecular weight excluding hydrogens is 685 g/mol. The molecule has 0 aliphatic carbocycles. The van der Waals surface area contributed by atoms with E-state index in [0.717, 1.165) is 17.0 Å². The fourth-order valence-electron chi connectivity index (χ4n) is 5.83. The van der Waals surface area contributed by atoms with Crippen LogP contribution < -0.4 is 10.1 Å². The number of alkyl halides is 9. The molecule has 4 aromatic rings. The molecule has 16 heteroatoms. The van der Waals surface area contributed by atoms with E-state index >= 15 is 0 Å². The van der Waals surface area contributed by atoms with Crippen LogP contribution in [0.2, 0.25) is 0 Å². The van der Waals surface area contributed by atoms with Crippen LogP contribution in [0.3, 0.4) is 0 Å². The lowest BCUT2D eigenvalue weighted by Crippen LogP contribution is -2.33. The Balaban J connectivity index is 1.59. The number of nitrogens with zero attached hydrogens (tertiary/aromatic N) is 2. The molecule has 2 amide bonds. The van der Waals surface area contributed by atoms with E-state index in [-0.39, 0.29) is 34.2 Å². The number of pyridine rings is 1. The zero-order chi connectivity index (χ0) is 36.9. The van der Waals surface area contributed by atoms with Crippen LogP contribution in [0, 0.1) is 6.92 Å². The number of amides is 2. The highest BCUT2D eigenvalue weighted by molar-refractivity contribution is 5.89. The average molecular weight is 712 g/mol. The Morgan fingerprint density at radius 2 is 1.46 bits per heavy atom. The number of carbonyl (C=O) groups is 2. The van der Waals surface area contributed by atoms with E-state index in [9.17, 15) is 54.2 Å². The molecule has 264 valence electrons. The van der Waals surface area contributed by atoms with Crippen molar-refractivity contribution in [1.29, 1.82) is 0 Å². The Hall–Kier alpha value is -5.28. The highest BCUT2D eigenvalue weighted by Crippen LogP contribution is 2.42. The summed E-state index contributed by atoms with van der Waals surface area (Å²) in [5, 5.41) is 11.7. The Morgan fingerprint density at radius 3 is 2.00 bits per heavy atom. The van der Waals surface area contributed by atoms with Crippen molar-refractivity contribution in [1.82, 2.24) is 15.2 Å². The molecule has 7 nitrogen and oxygen atoms in total. The predicted octanol–water partition coefficient (Wildman–Crippen LogP) is 9.14. The highest BCUT2D eigenvalue weighted by atomic mass is 19.4. The minimum atomic E-state index is -5.15. The zero-order valence-electron chi connectivity index (χ0n) is 26.2. The zero-order valence-corrected chi connectivity index (χ0v) is 26.2. The van der Waals surface area contributed by atoms with Crippen molar-refractivity contribution in [2.75, 3.05) is 7.11 Å². The standard InChI is InChI=1S/C34H26F9N3O4/c1-16-10-19(30(47)48)4-6-23(16)18-5-8-27(50-3)25(13-18)24-7-9-28(34(41,42)43)44-26(24)15-46-17(2)29(45-31(46)49)20-11-21(32(35,36)37)14-22(12-20)33(38,39)40/h4-14,17,29H,15H2,1-3H3,(H,45,49)(H,47,48)/t17-,29-/m0/s1. The number of urea groups is 1. The van der Waals surface area contributed by atoms with Gasteiger partial charge in [-0.3, -0.25) is 0 Å². The van der Waals surface area contributed by atoms with E-state index in [1.807, 2.05) is 0 Å². The molecule has 1 fully saturated rings. The van der Waals surface area contributed by atoms with E-state index in [1.54, 1.807) is 25.1 Å². The largest absolute Gasteiger partial charge is 0.496 e. The third kappa shape index (κ3) is 7.19. The van der Waals surface area contributed by atoms with E-state index in [4.69, 9.17) is 4.74 Å². The number of nitrogens with one attached hydrogen (secondary N) is 1. The molecular formula is C34H26F9N3O4. The number of hydrogen-bond donors (Lipinski definition) is 2.